The quantitative estimate of drug-likeness (QED) is 0.476. The summed E-state index contributed by atoms with van der Waals surface area (Å²) in [6.07, 6.45) is 0. The van der Waals surface area contributed by atoms with Crippen LogP contribution < -0.4 is 11.5 Å². The molecule has 4 aromatic rings. The van der Waals surface area contributed by atoms with Crippen LogP contribution in [0.5, 0.6) is 0 Å². The van der Waals surface area contributed by atoms with Crippen molar-refractivity contribution >= 4 is 0 Å². The average Bonchev–Trinajstić information content (AvgIpc) is 2.79. The second-order valence-electron chi connectivity index (χ2n) is 6.96. The van der Waals surface area contributed by atoms with Gasteiger partial charge in [0.1, 0.15) is 0 Å². The van der Waals surface area contributed by atoms with E-state index in [0.717, 1.165) is 33.4 Å². The molecule has 28 heavy (non-hydrogen) atoms. The molecule has 0 saturated heterocycles. The summed E-state index contributed by atoms with van der Waals surface area (Å²) < 4.78 is 0. The van der Waals surface area contributed by atoms with E-state index in [4.69, 9.17) is 11.5 Å². The molecule has 0 aliphatic carbocycles. The van der Waals surface area contributed by atoms with Crippen molar-refractivity contribution in [1.29, 1.82) is 0 Å². The first-order chi connectivity index (χ1) is 13.8. The highest BCUT2D eigenvalue weighted by Crippen LogP contribution is 2.36. The SMILES string of the molecule is N[C@H](c1ccccc1-c1ccccc1)[C@H](N)c1ccccc1-c1ccccc1. The van der Waals surface area contributed by atoms with E-state index in [1.807, 2.05) is 60.7 Å². The van der Waals surface area contributed by atoms with Crippen LogP contribution in [0.1, 0.15) is 23.2 Å². The first-order valence-corrected chi connectivity index (χ1v) is 9.55. The molecule has 0 aromatic heterocycles. The molecule has 0 bridgehead atoms. The van der Waals surface area contributed by atoms with E-state index in [-0.39, 0.29) is 12.1 Å². The summed E-state index contributed by atoms with van der Waals surface area (Å²) in [5.74, 6) is 0. The van der Waals surface area contributed by atoms with Gasteiger partial charge in [-0.05, 0) is 33.4 Å². The van der Waals surface area contributed by atoms with Gasteiger partial charge >= 0.3 is 0 Å². The fourth-order valence-electron chi connectivity index (χ4n) is 3.72. The third-order valence-corrected chi connectivity index (χ3v) is 5.20. The van der Waals surface area contributed by atoms with Gasteiger partial charge in [-0.2, -0.15) is 0 Å². The molecule has 0 amide bonds. The minimum absolute atomic E-state index is 0.318. The second kappa shape index (κ2) is 8.22. The Hall–Kier alpha value is -3.20. The van der Waals surface area contributed by atoms with Gasteiger partial charge in [-0.15, -0.1) is 0 Å². The molecular weight excluding hydrogens is 340 g/mol. The van der Waals surface area contributed by atoms with Gasteiger partial charge in [-0.3, -0.25) is 0 Å². The molecular formula is C26H24N2. The molecule has 0 unspecified atom stereocenters. The number of nitrogens with two attached hydrogens (primary N) is 2. The predicted octanol–water partition coefficient (Wildman–Crippen LogP) is 5.72. The van der Waals surface area contributed by atoms with Gasteiger partial charge < -0.3 is 11.5 Å². The summed E-state index contributed by atoms with van der Waals surface area (Å²) in [7, 11) is 0. The largest absolute Gasteiger partial charge is 0.322 e. The molecule has 4 rings (SSSR count). The summed E-state index contributed by atoms with van der Waals surface area (Å²) in [5, 5.41) is 0. The fourth-order valence-corrected chi connectivity index (χ4v) is 3.72. The molecule has 0 fully saturated rings. The third kappa shape index (κ3) is 3.61. The molecule has 4 N–H and O–H groups in total. The van der Waals surface area contributed by atoms with Crippen LogP contribution in [0.3, 0.4) is 0 Å². The lowest BCUT2D eigenvalue weighted by Gasteiger charge is -2.25. The summed E-state index contributed by atoms with van der Waals surface area (Å²) in [4.78, 5) is 0. The maximum atomic E-state index is 6.73. The predicted molar refractivity (Wildman–Crippen MR) is 118 cm³/mol. The number of rotatable bonds is 5. The van der Waals surface area contributed by atoms with Crippen molar-refractivity contribution in [3.63, 3.8) is 0 Å². The molecule has 0 heterocycles. The van der Waals surface area contributed by atoms with Crippen LogP contribution in [0.15, 0.2) is 109 Å². The van der Waals surface area contributed by atoms with E-state index in [2.05, 4.69) is 48.5 Å². The van der Waals surface area contributed by atoms with Gasteiger partial charge in [-0.25, -0.2) is 0 Å². The summed E-state index contributed by atoms with van der Waals surface area (Å²) in [6, 6.07) is 36.5. The molecule has 0 spiro atoms. The minimum Gasteiger partial charge on any atom is -0.322 e. The van der Waals surface area contributed by atoms with E-state index in [0.29, 0.717) is 0 Å². The molecule has 2 heteroatoms. The van der Waals surface area contributed by atoms with Crippen LogP contribution in [0, 0.1) is 0 Å². The second-order valence-corrected chi connectivity index (χ2v) is 6.96. The lowest BCUT2D eigenvalue weighted by molar-refractivity contribution is 0.576. The van der Waals surface area contributed by atoms with Crippen molar-refractivity contribution in [3.05, 3.63) is 120 Å². The molecule has 0 saturated carbocycles. The lowest BCUT2D eigenvalue weighted by Crippen LogP contribution is -2.27. The number of hydrogen-bond acceptors (Lipinski definition) is 2. The first kappa shape index (κ1) is 18.2. The molecule has 2 nitrogen and oxygen atoms in total. The van der Waals surface area contributed by atoms with Crippen molar-refractivity contribution in [2.45, 2.75) is 12.1 Å². The maximum Gasteiger partial charge on any atom is 0.0497 e. The summed E-state index contributed by atoms with van der Waals surface area (Å²) >= 11 is 0. The standard InChI is InChI=1S/C26H24N2/c27-25(23-17-9-7-15-21(23)19-11-3-1-4-12-19)26(28)24-18-10-8-16-22(24)20-13-5-2-6-14-20/h1-18,25-26H,27-28H2/t25-,26-/m1/s1. The van der Waals surface area contributed by atoms with Gasteiger partial charge in [0.15, 0.2) is 0 Å². The highest BCUT2D eigenvalue weighted by molar-refractivity contribution is 5.70. The Kier molecular flexibility index (Phi) is 5.34. The van der Waals surface area contributed by atoms with Crippen molar-refractivity contribution in [2.75, 3.05) is 0 Å². The van der Waals surface area contributed by atoms with Crippen molar-refractivity contribution in [1.82, 2.24) is 0 Å². The van der Waals surface area contributed by atoms with E-state index >= 15 is 0 Å². The zero-order valence-corrected chi connectivity index (χ0v) is 15.7. The molecule has 0 aliphatic heterocycles. The van der Waals surface area contributed by atoms with Crippen LogP contribution in [0.4, 0.5) is 0 Å². The van der Waals surface area contributed by atoms with Crippen LogP contribution in [0.25, 0.3) is 22.3 Å². The molecule has 2 atom stereocenters. The minimum atomic E-state index is -0.318. The van der Waals surface area contributed by atoms with E-state index in [9.17, 15) is 0 Å². The van der Waals surface area contributed by atoms with Gasteiger partial charge in [0, 0.05) is 12.1 Å². The molecule has 4 aromatic carbocycles. The number of hydrogen-bond donors (Lipinski definition) is 2. The zero-order chi connectivity index (χ0) is 19.3. The summed E-state index contributed by atoms with van der Waals surface area (Å²) in [5.41, 5.74) is 20.1. The van der Waals surface area contributed by atoms with Gasteiger partial charge in [0.25, 0.3) is 0 Å². The zero-order valence-electron chi connectivity index (χ0n) is 15.7. The normalized spacial score (nSPS) is 13.1. The molecule has 138 valence electrons. The Bertz CT molecular complexity index is 955. The summed E-state index contributed by atoms with van der Waals surface area (Å²) in [6.45, 7) is 0. The van der Waals surface area contributed by atoms with E-state index < -0.39 is 0 Å². The smallest absolute Gasteiger partial charge is 0.0497 e. The van der Waals surface area contributed by atoms with Gasteiger partial charge in [0.2, 0.25) is 0 Å². The highest BCUT2D eigenvalue weighted by atomic mass is 14.8. The van der Waals surface area contributed by atoms with E-state index in [1.165, 1.54) is 0 Å². The Balaban J connectivity index is 1.74. The van der Waals surface area contributed by atoms with E-state index in [1.54, 1.807) is 0 Å². The van der Waals surface area contributed by atoms with Gasteiger partial charge in [-0.1, -0.05) is 109 Å². The monoisotopic (exact) mass is 364 g/mol. The Morgan fingerprint density at radius 2 is 0.714 bits per heavy atom. The van der Waals surface area contributed by atoms with Crippen LogP contribution >= 0.6 is 0 Å². The van der Waals surface area contributed by atoms with Crippen molar-refractivity contribution < 1.29 is 0 Å². The fraction of sp³-hybridized carbons (Fsp3) is 0.0769. The molecule has 0 aliphatic rings. The van der Waals surface area contributed by atoms with Crippen LogP contribution in [0.2, 0.25) is 0 Å². The lowest BCUT2D eigenvalue weighted by atomic mass is 9.86. The third-order valence-electron chi connectivity index (χ3n) is 5.20. The Morgan fingerprint density at radius 3 is 1.11 bits per heavy atom. The number of benzene rings is 4. The van der Waals surface area contributed by atoms with Crippen molar-refractivity contribution in [3.8, 4) is 22.3 Å². The molecule has 0 radical (unpaired) electrons. The topological polar surface area (TPSA) is 52.0 Å². The average molecular weight is 364 g/mol. The highest BCUT2D eigenvalue weighted by Gasteiger charge is 2.22. The maximum absolute atomic E-state index is 6.73. The van der Waals surface area contributed by atoms with Crippen LogP contribution in [-0.2, 0) is 0 Å². The van der Waals surface area contributed by atoms with Crippen molar-refractivity contribution in [2.24, 2.45) is 11.5 Å². The van der Waals surface area contributed by atoms with Gasteiger partial charge in [0.05, 0.1) is 0 Å². The Labute approximate surface area is 166 Å². The first-order valence-electron chi connectivity index (χ1n) is 9.55. The van der Waals surface area contributed by atoms with Crippen LogP contribution in [-0.4, -0.2) is 0 Å². The Morgan fingerprint density at radius 1 is 0.393 bits per heavy atom.